The van der Waals surface area contributed by atoms with Crippen LogP contribution in [0.5, 0.6) is 0 Å². The van der Waals surface area contributed by atoms with E-state index in [-0.39, 0.29) is 10.8 Å². The van der Waals surface area contributed by atoms with Crippen molar-refractivity contribution in [2.45, 2.75) is 29.5 Å². The van der Waals surface area contributed by atoms with Gasteiger partial charge in [0.1, 0.15) is 0 Å². The molecule has 1 heterocycles. The molecular weight excluding hydrogens is 368 g/mol. The molecule has 0 fully saturated rings. The maximum absolute atomic E-state index is 4.25. The fourth-order valence-corrected chi connectivity index (χ4v) is 4.13. The van der Waals surface area contributed by atoms with Crippen molar-refractivity contribution in [1.29, 1.82) is 0 Å². The lowest BCUT2D eigenvalue weighted by Crippen LogP contribution is -2.28. The molecule has 0 aliphatic rings. The maximum Gasteiger partial charge on any atom is 0.0956 e. The molecule has 4 heteroatoms. The van der Waals surface area contributed by atoms with E-state index in [9.17, 15) is 0 Å². The minimum absolute atomic E-state index is 0.0420. The van der Waals surface area contributed by atoms with Crippen LogP contribution in [0.1, 0.15) is 24.8 Å². The molecular formula is C19H19BrN2S. The van der Waals surface area contributed by atoms with Crippen molar-refractivity contribution in [1.82, 2.24) is 9.55 Å². The lowest BCUT2D eigenvalue weighted by atomic mass is 9.84. The van der Waals surface area contributed by atoms with Crippen LogP contribution in [0.2, 0.25) is 0 Å². The molecule has 2 nitrogen and oxygen atoms in total. The third kappa shape index (κ3) is 3.70. The molecule has 3 rings (SSSR count). The fourth-order valence-electron chi connectivity index (χ4n) is 2.64. The summed E-state index contributed by atoms with van der Waals surface area (Å²) in [7, 11) is 0. The molecule has 0 saturated carbocycles. The van der Waals surface area contributed by atoms with E-state index in [1.54, 1.807) is 0 Å². The van der Waals surface area contributed by atoms with Crippen LogP contribution in [0.3, 0.4) is 0 Å². The number of hydrogen-bond acceptors (Lipinski definition) is 2. The van der Waals surface area contributed by atoms with Gasteiger partial charge in [-0.2, -0.15) is 0 Å². The molecule has 0 N–H and O–H groups in total. The highest BCUT2D eigenvalue weighted by atomic mass is 79.9. The van der Waals surface area contributed by atoms with E-state index in [1.165, 1.54) is 10.5 Å². The molecule has 118 valence electrons. The number of hydrogen-bond donors (Lipinski definition) is 0. The van der Waals surface area contributed by atoms with Crippen LogP contribution < -0.4 is 0 Å². The number of rotatable bonds is 5. The van der Waals surface area contributed by atoms with Gasteiger partial charge in [-0.05, 0) is 29.8 Å². The molecule has 0 spiro atoms. The Labute approximate surface area is 150 Å². The minimum atomic E-state index is -0.0420. The summed E-state index contributed by atoms with van der Waals surface area (Å²) in [4.78, 5) is 5.49. The topological polar surface area (TPSA) is 17.8 Å². The highest BCUT2D eigenvalue weighted by Gasteiger charge is 2.33. The zero-order chi connectivity index (χ0) is 16.3. The fraction of sp³-hybridized carbons (Fsp3) is 0.211. The van der Waals surface area contributed by atoms with Crippen LogP contribution in [0.4, 0.5) is 0 Å². The Kier molecular flexibility index (Phi) is 4.93. The lowest BCUT2D eigenvalue weighted by molar-refractivity contribution is 0.421. The molecule has 1 atom stereocenters. The predicted molar refractivity (Wildman–Crippen MR) is 101 cm³/mol. The average Bonchev–Trinajstić information content (AvgIpc) is 3.09. The van der Waals surface area contributed by atoms with Crippen molar-refractivity contribution in [3.63, 3.8) is 0 Å². The molecule has 0 amide bonds. The molecule has 3 aromatic rings. The molecule has 2 aromatic carbocycles. The quantitative estimate of drug-likeness (QED) is 0.506. The highest BCUT2D eigenvalue weighted by Crippen LogP contribution is 2.45. The zero-order valence-electron chi connectivity index (χ0n) is 13.2. The largest absolute Gasteiger partial charge is 0.324 e. The lowest BCUT2D eigenvalue weighted by Gasteiger charge is -2.35. The van der Waals surface area contributed by atoms with Crippen LogP contribution in [0.15, 0.2) is 82.7 Å². The highest BCUT2D eigenvalue weighted by molar-refractivity contribution is 9.10. The summed E-state index contributed by atoms with van der Waals surface area (Å²) < 4.78 is 3.29. The van der Waals surface area contributed by atoms with Crippen LogP contribution in [0.25, 0.3) is 0 Å². The van der Waals surface area contributed by atoms with Gasteiger partial charge < -0.3 is 4.57 Å². The summed E-state index contributed by atoms with van der Waals surface area (Å²) in [5.41, 5.74) is 1.28. The Morgan fingerprint density at radius 2 is 1.74 bits per heavy atom. The molecule has 23 heavy (non-hydrogen) atoms. The monoisotopic (exact) mass is 386 g/mol. The number of imidazole rings is 1. The van der Waals surface area contributed by atoms with Crippen molar-refractivity contribution in [2.75, 3.05) is 0 Å². The van der Waals surface area contributed by atoms with Gasteiger partial charge >= 0.3 is 0 Å². The second kappa shape index (κ2) is 6.93. The van der Waals surface area contributed by atoms with Gasteiger partial charge in [0.05, 0.1) is 11.7 Å². The summed E-state index contributed by atoms with van der Waals surface area (Å²) in [5, 5.41) is 0.216. The van der Waals surface area contributed by atoms with Gasteiger partial charge in [0, 0.05) is 27.2 Å². The maximum atomic E-state index is 4.25. The molecule has 0 aliphatic carbocycles. The third-order valence-electron chi connectivity index (χ3n) is 3.99. The number of nitrogens with zero attached hydrogens (tertiary/aromatic N) is 2. The Bertz CT molecular complexity index is 737. The van der Waals surface area contributed by atoms with Crippen LogP contribution in [-0.4, -0.2) is 9.55 Å². The normalized spacial score (nSPS) is 13.0. The van der Waals surface area contributed by atoms with Crippen molar-refractivity contribution in [2.24, 2.45) is 0 Å². The van der Waals surface area contributed by atoms with Crippen molar-refractivity contribution >= 4 is 27.7 Å². The Morgan fingerprint density at radius 3 is 2.35 bits per heavy atom. The third-order valence-corrected chi connectivity index (χ3v) is 6.12. The molecule has 0 aliphatic heterocycles. The Hall–Kier alpha value is -1.52. The van der Waals surface area contributed by atoms with Crippen molar-refractivity contribution in [3.05, 3.63) is 83.4 Å². The standard InChI is InChI=1S/C19H19BrN2S/c1-19(2,15-6-4-3-5-7-15)18(22-13-12-21-14-22)23-17-10-8-16(20)9-11-17/h3-14,18H,1-2H3. The first-order valence-electron chi connectivity index (χ1n) is 7.52. The summed E-state index contributed by atoms with van der Waals surface area (Å²) in [5.74, 6) is 0. The van der Waals surface area contributed by atoms with Crippen LogP contribution in [-0.2, 0) is 5.41 Å². The van der Waals surface area contributed by atoms with E-state index >= 15 is 0 Å². The average molecular weight is 387 g/mol. The first kappa shape index (κ1) is 16.3. The van der Waals surface area contributed by atoms with Gasteiger partial charge in [-0.15, -0.1) is 0 Å². The smallest absolute Gasteiger partial charge is 0.0956 e. The van der Waals surface area contributed by atoms with E-state index < -0.39 is 0 Å². The van der Waals surface area contributed by atoms with E-state index in [0.29, 0.717) is 0 Å². The van der Waals surface area contributed by atoms with Crippen molar-refractivity contribution in [3.8, 4) is 0 Å². The minimum Gasteiger partial charge on any atom is -0.324 e. The number of benzene rings is 2. The Balaban J connectivity index is 1.97. The van der Waals surface area contributed by atoms with Crippen molar-refractivity contribution < 1.29 is 0 Å². The summed E-state index contributed by atoms with van der Waals surface area (Å²) in [6, 6.07) is 19.1. The van der Waals surface area contributed by atoms with Crippen LogP contribution in [0, 0.1) is 0 Å². The molecule has 0 bridgehead atoms. The van der Waals surface area contributed by atoms with E-state index in [4.69, 9.17) is 0 Å². The predicted octanol–water partition coefficient (Wildman–Crippen LogP) is 5.91. The van der Waals surface area contributed by atoms with Gasteiger partial charge in [-0.1, -0.05) is 71.9 Å². The second-order valence-electron chi connectivity index (χ2n) is 6.02. The molecule has 1 unspecified atom stereocenters. The van der Waals surface area contributed by atoms with Gasteiger partial charge in [0.25, 0.3) is 0 Å². The summed E-state index contributed by atoms with van der Waals surface area (Å²) >= 11 is 5.36. The van der Waals surface area contributed by atoms with E-state index in [2.05, 4.69) is 93.9 Å². The first-order chi connectivity index (χ1) is 11.1. The SMILES string of the molecule is CC(C)(c1ccccc1)C(Sc1ccc(Br)cc1)n1ccnc1. The number of aromatic nitrogens is 2. The molecule has 0 radical (unpaired) electrons. The van der Waals surface area contributed by atoms with E-state index in [0.717, 1.165) is 4.47 Å². The number of thioether (sulfide) groups is 1. The number of halogens is 1. The summed E-state index contributed by atoms with van der Waals surface area (Å²) in [6.07, 6.45) is 5.79. The molecule has 0 saturated heterocycles. The first-order valence-corrected chi connectivity index (χ1v) is 9.20. The van der Waals surface area contributed by atoms with Crippen LogP contribution >= 0.6 is 27.7 Å². The van der Waals surface area contributed by atoms with E-state index in [1.807, 2.05) is 30.5 Å². The van der Waals surface area contributed by atoms with Gasteiger partial charge in [0.15, 0.2) is 0 Å². The van der Waals surface area contributed by atoms with Gasteiger partial charge in [-0.3, -0.25) is 0 Å². The van der Waals surface area contributed by atoms with Gasteiger partial charge in [-0.25, -0.2) is 4.98 Å². The zero-order valence-corrected chi connectivity index (χ0v) is 15.6. The second-order valence-corrected chi connectivity index (χ2v) is 8.09. The summed E-state index contributed by atoms with van der Waals surface area (Å²) in [6.45, 7) is 4.58. The van der Waals surface area contributed by atoms with Gasteiger partial charge in [0.2, 0.25) is 0 Å². The molecule has 1 aromatic heterocycles. The Morgan fingerprint density at radius 1 is 1.04 bits per heavy atom.